The Kier molecular flexibility index (Phi) is 2.44. The highest BCUT2D eigenvalue weighted by molar-refractivity contribution is 6.30. The van der Waals surface area contributed by atoms with Crippen LogP contribution in [-0.4, -0.2) is 16.5 Å². The topological polar surface area (TPSA) is 26.5 Å². The van der Waals surface area contributed by atoms with Crippen molar-refractivity contribution in [2.45, 2.75) is 13.5 Å². The smallest absolute Gasteiger partial charge is 0.138 e. The third-order valence-electron chi connectivity index (χ3n) is 2.21. The van der Waals surface area contributed by atoms with Gasteiger partial charge >= 0.3 is 0 Å². The van der Waals surface area contributed by atoms with E-state index < -0.39 is 0 Å². The molecular weight excluding hydrogens is 200 g/mol. The van der Waals surface area contributed by atoms with Crippen LogP contribution in [0.15, 0.2) is 18.3 Å². The van der Waals surface area contributed by atoms with Crippen molar-refractivity contribution in [3.63, 3.8) is 0 Å². The summed E-state index contributed by atoms with van der Waals surface area (Å²) in [6.07, 6.45) is 1.92. The van der Waals surface area contributed by atoms with E-state index in [2.05, 4.69) is 4.98 Å². The number of pyridine rings is 1. The molecule has 0 bridgehead atoms. The molecule has 0 fully saturated rings. The summed E-state index contributed by atoms with van der Waals surface area (Å²) in [5, 5.41) is 0.700. The number of aryl methyl sites for hydroxylation is 1. The van der Waals surface area contributed by atoms with Gasteiger partial charge in [0.15, 0.2) is 0 Å². The van der Waals surface area contributed by atoms with Crippen molar-refractivity contribution in [1.29, 1.82) is 0 Å². The van der Waals surface area contributed by atoms with Crippen LogP contribution in [0.2, 0.25) is 5.02 Å². The summed E-state index contributed by atoms with van der Waals surface area (Å²) in [6.45, 7) is 2.55. The van der Waals surface area contributed by atoms with Crippen LogP contribution in [0.5, 0.6) is 0 Å². The zero-order valence-corrected chi connectivity index (χ0v) is 8.88. The maximum Gasteiger partial charge on any atom is 0.138 e. The Hall–Kier alpha value is -1.06. The molecule has 14 heavy (non-hydrogen) atoms. The van der Waals surface area contributed by atoms with Crippen molar-refractivity contribution in [3.05, 3.63) is 34.7 Å². The molecule has 0 aliphatic rings. The van der Waals surface area contributed by atoms with Crippen molar-refractivity contribution in [1.82, 2.24) is 9.38 Å². The van der Waals surface area contributed by atoms with E-state index in [0.717, 1.165) is 17.0 Å². The fourth-order valence-corrected chi connectivity index (χ4v) is 1.62. The number of fused-ring (bicyclic) bond motifs is 1. The second-order valence-electron chi connectivity index (χ2n) is 3.15. The molecule has 0 unspecified atom stereocenters. The quantitative estimate of drug-likeness (QED) is 0.761. The minimum absolute atomic E-state index is 0.533. The molecule has 74 valence electrons. The highest BCUT2D eigenvalue weighted by Gasteiger charge is 2.07. The van der Waals surface area contributed by atoms with E-state index in [1.54, 1.807) is 7.11 Å². The number of methoxy groups -OCH3 is 1. The highest BCUT2D eigenvalue weighted by Crippen LogP contribution is 2.16. The van der Waals surface area contributed by atoms with Crippen LogP contribution >= 0.6 is 11.6 Å². The molecule has 0 aromatic carbocycles. The molecule has 0 atom stereocenters. The van der Waals surface area contributed by atoms with E-state index in [-0.39, 0.29) is 0 Å². The van der Waals surface area contributed by atoms with Gasteiger partial charge in [-0.2, -0.15) is 0 Å². The fourth-order valence-electron chi connectivity index (χ4n) is 1.46. The maximum absolute atomic E-state index is 5.87. The van der Waals surface area contributed by atoms with Crippen LogP contribution in [0.4, 0.5) is 0 Å². The molecule has 0 aliphatic heterocycles. The first-order valence-electron chi connectivity index (χ1n) is 4.34. The number of imidazole rings is 1. The molecule has 0 spiro atoms. The zero-order valence-electron chi connectivity index (χ0n) is 8.12. The molecule has 4 heteroatoms. The minimum Gasteiger partial charge on any atom is -0.378 e. The summed E-state index contributed by atoms with van der Waals surface area (Å²) in [5.74, 6) is 0. The van der Waals surface area contributed by atoms with Crippen LogP contribution in [0.1, 0.15) is 11.4 Å². The summed E-state index contributed by atoms with van der Waals surface area (Å²) in [4.78, 5) is 4.42. The average Bonchev–Trinajstić information content (AvgIpc) is 2.44. The summed E-state index contributed by atoms with van der Waals surface area (Å²) in [5.41, 5.74) is 2.91. The Morgan fingerprint density at radius 3 is 3.07 bits per heavy atom. The molecule has 0 amide bonds. The monoisotopic (exact) mass is 210 g/mol. The van der Waals surface area contributed by atoms with Crippen LogP contribution in [0.25, 0.3) is 5.65 Å². The van der Waals surface area contributed by atoms with Crippen molar-refractivity contribution in [3.8, 4) is 0 Å². The van der Waals surface area contributed by atoms with Gasteiger partial charge in [0.2, 0.25) is 0 Å². The minimum atomic E-state index is 0.533. The Balaban J connectivity index is 2.61. The normalized spacial score (nSPS) is 11.1. The molecule has 0 saturated heterocycles. The van der Waals surface area contributed by atoms with Crippen molar-refractivity contribution < 1.29 is 4.74 Å². The SMILES string of the molecule is COCc1nc2cc(Cl)ccn2c1C. The van der Waals surface area contributed by atoms with Crippen molar-refractivity contribution in [2.24, 2.45) is 0 Å². The molecule has 2 heterocycles. The average molecular weight is 211 g/mol. The first kappa shape index (κ1) is 9.49. The second-order valence-corrected chi connectivity index (χ2v) is 3.59. The van der Waals surface area contributed by atoms with Gasteiger partial charge in [0, 0.05) is 30.1 Å². The molecule has 2 aromatic rings. The number of rotatable bonds is 2. The van der Waals surface area contributed by atoms with E-state index >= 15 is 0 Å². The Morgan fingerprint density at radius 1 is 1.57 bits per heavy atom. The van der Waals surface area contributed by atoms with Crippen molar-refractivity contribution >= 4 is 17.2 Å². The Bertz CT molecular complexity index is 464. The number of halogens is 1. The molecular formula is C10H11ClN2O. The van der Waals surface area contributed by atoms with E-state index in [0.29, 0.717) is 11.6 Å². The summed E-state index contributed by atoms with van der Waals surface area (Å²) >= 11 is 5.87. The van der Waals surface area contributed by atoms with Gasteiger partial charge in [-0.05, 0) is 13.0 Å². The molecule has 3 nitrogen and oxygen atoms in total. The van der Waals surface area contributed by atoms with E-state index in [4.69, 9.17) is 16.3 Å². The van der Waals surface area contributed by atoms with Crippen LogP contribution in [-0.2, 0) is 11.3 Å². The van der Waals surface area contributed by atoms with Gasteiger partial charge in [0.05, 0.1) is 12.3 Å². The Morgan fingerprint density at radius 2 is 2.36 bits per heavy atom. The largest absolute Gasteiger partial charge is 0.378 e. The maximum atomic E-state index is 5.87. The molecule has 2 rings (SSSR count). The third-order valence-corrected chi connectivity index (χ3v) is 2.44. The first-order chi connectivity index (χ1) is 6.72. The number of hydrogen-bond donors (Lipinski definition) is 0. The second kappa shape index (κ2) is 3.59. The standard InChI is InChI=1S/C10H11ClN2O/c1-7-9(6-14-2)12-10-5-8(11)3-4-13(7)10/h3-5H,6H2,1-2H3. The van der Waals surface area contributed by atoms with E-state index in [1.807, 2.05) is 29.7 Å². The van der Waals surface area contributed by atoms with Crippen LogP contribution < -0.4 is 0 Å². The van der Waals surface area contributed by atoms with E-state index in [9.17, 15) is 0 Å². The lowest BCUT2D eigenvalue weighted by Crippen LogP contribution is -1.91. The highest BCUT2D eigenvalue weighted by atomic mass is 35.5. The predicted octanol–water partition coefficient (Wildman–Crippen LogP) is 2.44. The Labute approximate surface area is 87.3 Å². The fraction of sp³-hybridized carbons (Fsp3) is 0.300. The number of ether oxygens (including phenoxy) is 1. The molecule has 0 radical (unpaired) electrons. The lowest BCUT2D eigenvalue weighted by molar-refractivity contribution is 0.181. The van der Waals surface area contributed by atoms with Gasteiger partial charge in [-0.3, -0.25) is 0 Å². The summed E-state index contributed by atoms with van der Waals surface area (Å²) in [7, 11) is 1.66. The van der Waals surface area contributed by atoms with Gasteiger partial charge in [-0.25, -0.2) is 4.98 Å². The zero-order chi connectivity index (χ0) is 10.1. The summed E-state index contributed by atoms with van der Waals surface area (Å²) < 4.78 is 7.06. The van der Waals surface area contributed by atoms with Gasteiger partial charge in [0.25, 0.3) is 0 Å². The lowest BCUT2D eigenvalue weighted by Gasteiger charge is -1.97. The van der Waals surface area contributed by atoms with Gasteiger partial charge in [-0.15, -0.1) is 0 Å². The number of hydrogen-bond acceptors (Lipinski definition) is 2. The van der Waals surface area contributed by atoms with Gasteiger partial charge in [0.1, 0.15) is 5.65 Å². The van der Waals surface area contributed by atoms with Gasteiger partial charge in [-0.1, -0.05) is 11.6 Å². The molecule has 0 N–H and O–H groups in total. The predicted molar refractivity (Wildman–Crippen MR) is 55.7 cm³/mol. The molecule has 0 saturated carbocycles. The number of nitrogens with zero attached hydrogens (tertiary/aromatic N) is 2. The van der Waals surface area contributed by atoms with E-state index in [1.165, 1.54) is 0 Å². The number of aromatic nitrogens is 2. The first-order valence-corrected chi connectivity index (χ1v) is 4.72. The molecule has 2 aromatic heterocycles. The third kappa shape index (κ3) is 1.49. The van der Waals surface area contributed by atoms with Crippen LogP contribution in [0.3, 0.4) is 0 Å². The van der Waals surface area contributed by atoms with Crippen LogP contribution in [0, 0.1) is 6.92 Å². The van der Waals surface area contributed by atoms with Gasteiger partial charge < -0.3 is 9.14 Å². The van der Waals surface area contributed by atoms with Crippen molar-refractivity contribution in [2.75, 3.05) is 7.11 Å². The summed E-state index contributed by atoms with van der Waals surface area (Å²) in [6, 6.07) is 3.69. The molecule has 0 aliphatic carbocycles. The lowest BCUT2D eigenvalue weighted by atomic mass is 10.3.